The van der Waals surface area contributed by atoms with E-state index in [0.717, 1.165) is 6.42 Å². The third-order valence-electron chi connectivity index (χ3n) is 1.52. The predicted octanol–water partition coefficient (Wildman–Crippen LogP) is 4.97. The van der Waals surface area contributed by atoms with Crippen molar-refractivity contribution in [2.75, 3.05) is 0 Å². The van der Waals surface area contributed by atoms with Crippen molar-refractivity contribution in [3.05, 3.63) is 25.3 Å². The van der Waals surface area contributed by atoms with Crippen molar-refractivity contribution < 1.29 is 0 Å². The maximum Gasteiger partial charge on any atom is -0.0304 e. The van der Waals surface area contributed by atoms with Crippen LogP contribution in [0.1, 0.15) is 53.4 Å². The van der Waals surface area contributed by atoms with Gasteiger partial charge in [-0.2, -0.15) is 0 Å². The van der Waals surface area contributed by atoms with Gasteiger partial charge in [-0.15, -0.1) is 13.2 Å². The van der Waals surface area contributed by atoms with Crippen LogP contribution in [0.3, 0.4) is 0 Å². The minimum Gasteiger partial charge on any atom is -0.103 e. The zero-order valence-electron chi connectivity index (χ0n) is 9.90. The molecule has 0 aliphatic heterocycles. The second-order valence-corrected chi connectivity index (χ2v) is 4.48. The Morgan fingerprint density at radius 3 is 1.69 bits per heavy atom. The van der Waals surface area contributed by atoms with Crippen molar-refractivity contribution in [1.82, 2.24) is 0 Å². The molecule has 0 N–H and O–H groups in total. The number of allylic oxidation sites excluding steroid dienone is 2. The third kappa shape index (κ3) is 24.6. The van der Waals surface area contributed by atoms with Crippen LogP contribution in [0.25, 0.3) is 0 Å². The molecule has 78 valence electrons. The summed E-state index contributed by atoms with van der Waals surface area (Å²) in [4.78, 5) is 0. The summed E-state index contributed by atoms with van der Waals surface area (Å²) >= 11 is 0. The van der Waals surface area contributed by atoms with E-state index in [2.05, 4.69) is 40.9 Å². The molecule has 0 amide bonds. The first-order valence-corrected chi connectivity index (χ1v) is 5.19. The fourth-order valence-corrected chi connectivity index (χ4v) is 0.781. The maximum absolute atomic E-state index is 3.65. The van der Waals surface area contributed by atoms with Crippen LogP contribution >= 0.6 is 0 Å². The van der Waals surface area contributed by atoms with Gasteiger partial charge < -0.3 is 0 Å². The summed E-state index contributed by atoms with van der Waals surface area (Å²) in [6.45, 7) is 16.0. The van der Waals surface area contributed by atoms with E-state index in [9.17, 15) is 0 Å². The highest BCUT2D eigenvalue weighted by Crippen LogP contribution is 2.17. The number of hydrogen-bond acceptors (Lipinski definition) is 0. The van der Waals surface area contributed by atoms with E-state index >= 15 is 0 Å². The van der Waals surface area contributed by atoms with Crippen LogP contribution in [0, 0.1) is 5.41 Å². The SMILES string of the molecule is C=CCC(C)(C)C.C=CCCCC. The van der Waals surface area contributed by atoms with E-state index in [0.29, 0.717) is 5.41 Å². The fourth-order valence-electron chi connectivity index (χ4n) is 0.781. The highest BCUT2D eigenvalue weighted by Gasteiger charge is 2.04. The minimum atomic E-state index is 0.432. The summed E-state index contributed by atoms with van der Waals surface area (Å²) in [6, 6.07) is 0. The first-order chi connectivity index (χ1) is 5.97. The molecule has 0 rings (SSSR count). The van der Waals surface area contributed by atoms with Gasteiger partial charge in [-0.25, -0.2) is 0 Å². The lowest BCUT2D eigenvalue weighted by Crippen LogP contribution is -2.01. The highest BCUT2D eigenvalue weighted by molar-refractivity contribution is 4.75. The number of rotatable bonds is 4. The molecule has 0 heteroatoms. The lowest BCUT2D eigenvalue weighted by molar-refractivity contribution is 0.421. The molecule has 0 aromatic rings. The third-order valence-corrected chi connectivity index (χ3v) is 1.52. The summed E-state index contributed by atoms with van der Waals surface area (Å²) in [5, 5.41) is 0. The molecule has 0 saturated carbocycles. The highest BCUT2D eigenvalue weighted by atomic mass is 14.1. The number of hydrogen-bond donors (Lipinski definition) is 0. The van der Waals surface area contributed by atoms with Crippen molar-refractivity contribution in [1.29, 1.82) is 0 Å². The van der Waals surface area contributed by atoms with Crippen LogP contribution in [0.15, 0.2) is 25.3 Å². The molecule has 0 aliphatic rings. The molecule has 0 unspecified atom stereocenters. The van der Waals surface area contributed by atoms with E-state index in [1.165, 1.54) is 19.3 Å². The Morgan fingerprint density at radius 2 is 1.62 bits per heavy atom. The molecule has 0 fully saturated rings. The Labute approximate surface area is 84.7 Å². The Kier molecular flexibility index (Phi) is 11.0. The van der Waals surface area contributed by atoms with Gasteiger partial charge in [0.1, 0.15) is 0 Å². The standard InChI is InChI=1S/C7H14.C6H12/c1-5-6-7(2,3)4;1-3-5-6-4-2/h5H,1,6H2,2-4H3;3H,1,4-6H2,2H3. The average Bonchev–Trinajstić information content (AvgIpc) is 1.99. The molecule has 0 saturated heterocycles. The first-order valence-electron chi connectivity index (χ1n) is 5.19. The van der Waals surface area contributed by atoms with E-state index < -0.39 is 0 Å². The van der Waals surface area contributed by atoms with Crippen LogP contribution in [0.5, 0.6) is 0 Å². The van der Waals surface area contributed by atoms with Gasteiger partial charge in [-0.3, -0.25) is 0 Å². The molecule has 0 aliphatic carbocycles. The van der Waals surface area contributed by atoms with Gasteiger partial charge in [0.15, 0.2) is 0 Å². The molecular formula is C13H26. The van der Waals surface area contributed by atoms with Gasteiger partial charge in [-0.1, -0.05) is 52.7 Å². The molecule has 0 atom stereocenters. The molecule has 0 spiro atoms. The summed E-state index contributed by atoms with van der Waals surface area (Å²) in [5.74, 6) is 0. The fraction of sp³-hybridized carbons (Fsp3) is 0.692. The van der Waals surface area contributed by atoms with E-state index in [1.54, 1.807) is 0 Å². The Morgan fingerprint density at radius 1 is 1.08 bits per heavy atom. The second-order valence-electron chi connectivity index (χ2n) is 4.48. The van der Waals surface area contributed by atoms with Crippen LogP contribution < -0.4 is 0 Å². The van der Waals surface area contributed by atoms with E-state index in [-0.39, 0.29) is 0 Å². The molecule has 0 aromatic carbocycles. The van der Waals surface area contributed by atoms with Crippen LogP contribution in [0.2, 0.25) is 0 Å². The van der Waals surface area contributed by atoms with Gasteiger partial charge in [0.25, 0.3) is 0 Å². The van der Waals surface area contributed by atoms with Crippen molar-refractivity contribution in [2.24, 2.45) is 5.41 Å². The summed E-state index contributed by atoms with van der Waals surface area (Å²) in [5.41, 5.74) is 0.432. The lowest BCUT2D eigenvalue weighted by atomic mass is 9.93. The normalized spacial score (nSPS) is 9.85. The average molecular weight is 182 g/mol. The smallest absolute Gasteiger partial charge is 0.0304 e. The van der Waals surface area contributed by atoms with Crippen LogP contribution in [0.4, 0.5) is 0 Å². The molecule has 0 heterocycles. The molecule has 0 radical (unpaired) electrons. The lowest BCUT2D eigenvalue weighted by Gasteiger charge is -2.13. The Hall–Kier alpha value is -0.520. The largest absolute Gasteiger partial charge is 0.103 e. The van der Waals surface area contributed by atoms with Crippen molar-refractivity contribution >= 4 is 0 Å². The van der Waals surface area contributed by atoms with Crippen molar-refractivity contribution in [3.8, 4) is 0 Å². The minimum absolute atomic E-state index is 0.432. The Bertz CT molecular complexity index is 114. The van der Waals surface area contributed by atoms with E-state index in [1.807, 2.05) is 12.2 Å². The maximum atomic E-state index is 3.65. The zero-order chi connectivity index (χ0) is 10.7. The van der Waals surface area contributed by atoms with Gasteiger partial charge in [0, 0.05) is 0 Å². The molecule has 0 nitrogen and oxygen atoms in total. The summed E-state index contributed by atoms with van der Waals surface area (Å²) in [6.07, 6.45) is 8.78. The summed E-state index contributed by atoms with van der Waals surface area (Å²) in [7, 11) is 0. The zero-order valence-corrected chi connectivity index (χ0v) is 9.90. The monoisotopic (exact) mass is 182 g/mol. The molecule has 13 heavy (non-hydrogen) atoms. The molecular weight excluding hydrogens is 156 g/mol. The van der Waals surface area contributed by atoms with Gasteiger partial charge in [0.2, 0.25) is 0 Å². The van der Waals surface area contributed by atoms with Crippen LogP contribution in [-0.4, -0.2) is 0 Å². The van der Waals surface area contributed by atoms with Gasteiger partial charge in [0.05, 0.1) is 0 Å². The van der Waals surface area contributed by atoms with Gasteiger partial charge >= 0.3 is 0 Å². The predicted molar refractivity (Wildman–Crippen MR) is 64.0 cm³/mol. The van der Waals surface area contributed by atoms with Crippen molar-refractivity contribution in [3.63, 3.8) is 0 Å². The topological polar surface area (TPSA) is 0 Å². The van der Waals surface area contributed by atoms with Crippen molar-refractivity contribution in [2.45, 2.75) is 53.4 Å². The van der Waals surface area contributed by atoms with Gasteiger partial charge in [-0.05, 0) is 18.3 Å². The number of unbranched alkanes of at least 4 members (excludes halogenated alkanes) is 2. The Balaban J connectivity index is 0. The van der Waals surface area contributed by atoms with E-state index in [4.69, 9.17) is 0 Å². The first kappa shape index (κ1) is 15.0. The molecule has 0 aromatic heterocycles. The quantitative estimate of drug-likeness (QED) is 0.425. The van der Waals surface area contributed by atoms with Crippen LogP contribution in [-0.2, 0) is 0 Å². The summed E-state index contributed by atoms with van der Waals surface area (Å²) < 4.78 is 0. The second kappa shape index (κ2) is 9.57. The molecule has 0 bridgehead atoms.